The van der Waals surface area contributed by atoms with Gasteiger partial charge in [0.05, 0.1) is 0 Å². The van der Waals surface area contributed by atoms with E-state index in [4.69, 9.17) is 10.8 Å². The van der Waals surface area contributed by atoms with Gasteiger partial charge in [-0.25, -0.2) is 0 Å². The molecule has 0 radical (unpaired) electrons. The Labute approximate surface area is 71.3 Å². The van der Waals surface area contributed by atoms with Gasteiger partial charge in [-0.15, -0.1) is 0 Å². The number of hydrogen-bond donors (Lipinski definition) is 2. The molecule has 0 bridgehead atoms. The highest BCUT2D eigenvalue weighted by molar-refractivity contribution is 7.99. The van der Waals surface area contributed by atoms with E-state index in [2.05, 4.69) is 13.8 Å². The molecule has 66 valence electrons. The van der Waals surface area contributed by atoms with Crippen LogP contribution in [0, 0.1) is 0 Å². The Hall–Kier alpha value is -0.220. The highest BCUT2D eigenvalue weighted by Crippen LogP contribution is 2.10. The van der Waals surface area contributed by atoms with Crippen molar-refractivity contribution in [2.24, 2.45) is 5.73 Å². The van der Waals surface area contributed by atoms with E-state index in [1.54, 1.807) is 11.8 Å². The summed E-state index contributed by atoms with van der Waals surface area (Å²) in [6.45, 7) is 4.16. The molecule has 0 aliphatic carbocycles. The second-order valence-corrected chi connectivity index (χ2v) is 4.34. The van der Waals surface area contributed by atoms with E-state index < -0.39 is 12.0 Å². The second-order valence-electron chi connectivity index (χ2n) is 2.65. The summed E-state index contributed by atoms with van der Waals surface area (Å²) in [5.74, 6) is -0.0835. The lowest BCUT2D eigenvalue weighted by Crippen LogP contribution is -2.30. The zero-order valence-electron chi connectivity index (χ0n) is 6.91. The van der Waals surface area contributed by atoms with Crippen LogP contribution in [0.1, 0.15) is 20.3 Å². The summed E-state index contributed by atoms with van der Waals surface area (Å²) in [7, 11) is 0. The van der Waals surface area contributed by atoms with Gasteiger partial charge in [0, 0.05) is 0 Å². The first-order valence-corrected chi connectivity index (χ1v) is 4.69. The third-order valence-electron chi connectivity index (χ3n) is 1.20. The monoisotopic (exact) mass is 177 g/mol. The van der Waals surface area contributed by atoms with Crippen molar-refractivity contribution in [2.45, 2.75) is 31.6 Å². The molecule has 0 amide bonds. The van der Waals surface area contributed by atoms with Gasteiger partial charge < -0.3 is 10.8 Å². The Bertz CT molecular complexity index is 128. The fourth-order valence-electron chi connectivity index (χ4n) is 0.554. The highest BCUT2D eigenvalue weighted by Gasteiger charge is 2.10. The number of aliphatic carboxylic acids is 1. The van der Waals surface area contributed by atoms with Crippen LogP contribution in [0.25, 0.3) is 0 Å². The quantitative estimate of drug-likeness (QED) is 0.655. The van der Waals surface area contributed by atoms with Crippen LogP contribution in [0.4, 0.5) is 0 Å². The minimum absolute atomic E-state index is 0.552. The maximum Gasteiger partial charge on any atom is 0.320 e. The van der Waals surface area contributed by atoms with E-state index >= 15 is 0 Å². The predicted octanol–water partition coefficient (Wildman–Crippen LogP) is 0.930. The van der Waals surface area contributed by atoms with Gasteiger partial charge in [-0.1, -0.05) is 13.8 Å². The van der Waals surface area contributed by atoms with Crippen LogP contribution in [0.2, 0.25) is 0 Å². The number of thioether (sulfide) groups is 1. The van der Waals surface area contributed by atoms with E-state index in [0.717, 1.165) is 5.75 Å². The zero-order valence-corrected chi connectivity index (χ0v) is 7.73. The maximum atomic E-state index is 10.2. The van der Waals surface area contributed by atoms with Crippen molar-refractivity contribution >= 4 is 17.7 Å². The molecule has 3 nitrogen and oxygen atoms in total. The van der Waals surface area contributed by atoms with Gasteiger partial charge >= 0.3 is 5.97 Å². The van der Waals surface area contributed by atoms with Gasteiger partial charge in [0.2, 0.25) is 0 Å². The van der Waals surface area contributed by atoms with Crippen molar-refractivity contribution in [1.29, 1.82) is 0 Å². The molecule has 0 aliphatic rings. The van der Waals surface area contributed by atoms with E-state index in [-0.39, 0.29) is 0 Å². The molecule has 0 fully saturated rings. The number of carboxylic acid groups (broad SMARTS) is 1. The Morgan fingerprint density at radius 3 is 2.55 bits per heavy atom. The lowest BCUT2D eigenvalue weighted by Gasteiger charge is -2.07. The average molecular weight is 177 g/mol. The van der Waals surface area contributed by atoms with E-state index in [9.17, 15) is 4.79 Å². The van der Waals surface area contributed by atoms with Crippen LogP contribution in [-0.2, 0) is 4.79 Å². The first-order valence-electron chi connectivity index (χ1n) is 3.64. The number of rotatable bonds is 5. The molecule has 0 aromatic rings. The number of carbonyl (C=O) groups is 1. The number of hydrogen-bond acceptors (Lipinski definition) is 3. The minimum Gasteiger partial charge on any atom is -0.480 e. The molecular weight excluding hydrogens is 162 g/mol. The summed E-state index contributed by atoms with van der Waals surface area (Å²) in [6, 6.07) is -0.693. The van der Waals surface area contributed by atoms with Gasteiger partial charge in [-0.3, -0.25) is 4.79 Å². The van der Waals surface area contributed by atoms with E-state index in [1.165, 1.54) is 0 Å². The summed E-state index contributed by atoms with van der Waals surface area (Å²) >= 11 is 1.73. The standard InChI is InChI=1S/C7H15NO2S/c1-5(2)11-4-3-6(8)7(9)10/h5-6H,3-4,8H2,1-2H3,(H,9,10). The molecule has 1 atom stereocenters. The summed E-state index contributed by atoms with van der Waals surface area (Å²) in [4.78, 5) is 10.2. The highest BCUT2D eigenvalue weighted by atomic mass is 32.2. The van der Waals surface area contributed by atoms with Crippen molar-refractivity contribution in [2.75, 3.05) is 5.75 Å². The zero-order chi connectivity index (χ0) is 8.85. The third-order valence-corrected chi connectivity index (χ3v) is 2.34. The molecule has 0 heterocycles. The Morgan fingerprint density at radius 2 is 2.18 bits per heavy atom. The fourth-order valence-corrected chi connectivity index (χ4v) is 1.42. The molecule has 0 saturated heterocycles. The Kier molecular flexibility index (Phi) is 5.32. The van der Waals surface area contributed by atoms with Crippen molar-refractivity contribution in [3.05, 3.63) is 0 Å². The minimum atomic E-state index is -0.908. The normalized spacial score (nSPS) is 13.5. The molecule has 0 aliphatic heterocycles. The largest absolute Gasteiger partial charge is 0.480 e. The average Bonchev–Trinajstić information content (AvgIpc) is 1.86. The molecule has 1 unspecified atom stereocenters. The van der Waals surface area contributed by atoms with Crippen LogP contribution in [0.5, 0.6) is 0 Å². The fraction of sp³-hybridized carbons (Fsp3) is 0.857. The van der Waals surface area contributed by atoms with E-state index in [1.807, 2.05) is 0 Å². The summed E-state index contributed by atoms with van der Waals surface area (Å²) in [6.07, 6.45) is 0.554. The van der Waals surface area contributed by atoms with Crippen LogP contribution >= 0.6 is 11.8 Å². The first-order chi connectivity index (χ1) is 5.04. The SMILES string of the molecule is CC(C)SCCC(N)C(=O)O. The van der Waals surface area contributed by atoms with Crippen molar-refractivity contribution in [3.63, 3.8) is 0 Å². The molecule has 0 aromatic carbocycles. The Balaban J connectivity index is 3.31. The number of nitrogens with two attached hydrogens (primary N) is 1. The maximum absolute atomic E-state index is 10.2. The molecule has 4 heteroatoms. The molecule has 0 rings (SSSR count). The van der Waals surface area contributed by atoms with Crippen molar-refractivity contribution < 1.29 is 9.90 Å². The predicted molar refractivity (Wildman–Crippen MR) is 47.8 cm³/mol. The summed E-state index contributed by atoms with van der Waals surface area (Å²) < 4.78 is 0. The first kappa shape index (κ1) is 10.8. The lowest BCUT2D eigenvalue weighted by molar-refractivity contribution is -0.138. The molecule has 3 N–H and O–H groups in total. The van der Waals surface area contributed by atoms with Crippen LogP contribution in [0.15, 0.2) is 0 Å². The van der Waals surface area contributed by atoms with E-state index in [0.29, 0.717) is 11.7 Å². The smallest absolute Gasteiger partial charge is 0.320 e. The van der Waals surface area contributed by atoms with Crippen LogP contribution in [0.3, 0.4) is 0 Å². The molecule has 0 saturated carbocycles. The van der Waals surface area contributed by atoms with Crippen LogP contribution < -0.4 is 5.73 Å². The van der Waals surface area contributed by atoms with Gasteiger partial charge in [-0.2, -0.15) is 11.8 Å². The van der Waals surface area contributed by atoms with Crippen molar-refractivity contribution in [1.82, 2.24) is 0 Å². The second kappa shape index (κ2) is 5.43. The number of carboxylic acids is 1. The van der Waals surface area contributed by atoms with Gasteiger partial charge in [0.15, 0.2) is 0 Å². The topological polar surface area (TPSA) is 63.3 Å². The van der Waals surface area contributed by atoms with Crippen LogP contribution in [-0.4, -0.2) is 28.1 Å². The molecule has 11 heavy (non-hydrogen) atoms. The van der Waals surface area contributed by atoms with Crippen molar-refractivity contribution in [3.8, 4) is 0 Å². The molecule has 0 spiro atoms. The molecule has 0 aromatic heterocycles. The third kappa shape index (κ3) is 6.19. The summed E-state index contributed by atoms with van der Waals surface area (Å²) in [5, 5.41) is 8.96. The Morgan fingerprint density at radius 1 is 1.64 bits per heavy atom. The van der Waals surface area contributed by atoms with Gasteiger partial charge in [-0.05, 0) is 17.4 Å². The van der Waals surface area contributed by atoms with Gasteiger partial charge in [0.1, 0.15) is 6.04 Å². The molecular formula is C7H15NO2S. The van der Waals surface area contributed by atoms with Gasteiger partial charge in [0.25, 0.3) is 0 Å². The summed E-state index contributed by atoms with van der Waals surface area (Å²) in [5.41, 5.74) is 5.29. The lowest BCUT2D eigenvalue weighted by atomic mass is 10.2.